The van der Waals surface area contributed by atoms with Crippen LogP contribution in [0.25, 0.3) is 0 Å². The average molecular weight is 569 g/mol. The van der Waals surface area contributed by atoms with Crippen LogP contribution in [-0.4, -0.2) is 97.9 Å². The molecule has 2 rings (SSSR count). The Labute approximate surface area is 249 Å². The maximum absolute atomic E-state index is 6.44. The molecule has 0 aromatic rings. The molecule has 0 aromatic heterocycles. The monoisotopic (exact) mass is 569 g/mol. The van der Waals surface area contributed by atoms with Gasteiger partial charge in [0.15, 0.2) is 0 Å². The molecule has 2 heterocycles. The van der Waals surface area contributed by atoms with Crippen LogP contribution < -0.4 is 0 Å². The van der Waals surface area contributed by atoms with Gasteiger partial charge >= 0.3 is 0 Å². The Hall–Kier alpha value is -0.240. The summed E-state index contributed by atoms with van der Waals surface area (Å²) in [5.41, 5.74) is -0.334. The molecule has 238 valence electrons. The van der Waals surface area contributed by atoms with Crippen LogP contribution in [0.4, 0.5) is 0 Å². The number of hydrogen-bond donors (Lipinski definition) is 0. The smallest absolute Gasteiger partial charge is 0.0628 e. The predicted octanol–water partition coefficient (Wildman–Crippen LogP) is 7.19. The standard InChI is InChI=1S/C34H68N2O4/c1-31(2,3)37-23-15-29-13-11-20-36(27-29)22-26-40-34(9,10)18-17-33(7,8)39-24-16-30-14-12-19-35(28-30)21-25-38-32(4,5)6/h29-30H,11-28H2,1-10H3/t29-,30+/m0/s1. The molecule has 0 saturated carbocycles. The van der Waals surface area contributed by atoms with E-state index in [1.165, 1.54) is 58.3 Å². The normalized spacial score (nSPS) is 22.6. The Morgan fingerprint density at radius 2 is 0.900 bits per heavy atom. The van der Waals surface area contributed by atoms with Gasteiger partial charge in [-0.05, 0) is 146 Å². The zero-order valence-corrected chi connectivity index (χ0v) is 28.4. The molecule has 0 N–H and O–H groups in total. The van der Waals surface area contributed by atoms with Crippen molar-refractivity contribution in [2.75, 3.05) is 65.7 Å². The van der Waals surface area contributed by atoms with E-state index in [2.05, 4.69) is 79.0 Å². The Morgan fingerprint density at radius 3 is 1.35 bits per heavy atom. The van der Waals surface area contributed by atoms with Crippen molar-refractivity contribution in [2.45, 2.75) is 143 Å². The first-order chi connectivity index (χ1) is 18.5. The molecule has 40 heavy (non-hydrogen) atoms. The molecule has 0 radical (unpaired) electrons. The molecular formula is C34H68N2O4. The zero-order chi connectivity index (χ0) is 29.9. The third-order valence-electron chi connectivity index (χ3n) is 8.46. The molecule has 0 aromatic carbocycles. The van der Waals surface area contributed by atoms with E-state index in [9.17, 15) is 0 Å². The quantitative estimate of drug-likeness (QED) is 0.185. The van der Waals surface area contributed by atoms with Crippen LogP contribution in [-0.2, 0) is 18.9 Å². The summed E-state index contributed by atoms with van der Waals surface area (Å²) in [6, 6.07) is 0. The molecule has 2 fully saturated rings. The van der Waals surface area contributed by atoms with Crippen molar-refractivity contribution in [3.05, 3.63) is 0 Å². The Morgan fingerprint density at radius 1 is 0.525 bits per heavy atom. The average Bonchev–Trinajstić information content (AvgIpc) is 2.82. The van der Waals surface area contributed by atoms with Gasteiger partial charge in [-0.2, -0.15) is 0 Å². The lowest BCUT2D eigenvalue weighted by molar-refractivity contribution is -0.0717. The first-order valence-electron chi connectivity index (χ1n) is 16.5. The minimum absolute atomic E-state index is 0.0352. The van der Waals surface area contributed by atoms with Crippen LogP contribution >= 0.6 is 0 Å². The number of likely N-dealkylation sites (tertiary alicyclic amines) is 2. The Kier molecular flexibility index (Phi) is 14.9. The van der Waals surface area contributed by atoms with Gasteiger partial charge in [0, 0.05) is 39.4 Å². The van der Waals surface area contributed by atoms with Crippen LogP contribution in [0.1, 0.15) is 121 Å². The van der Waals surface area contributed by atoms with E-state index in [0.717, 1.165) is 70.6 Å². The molecule has 2 saturated heterocycles. The number of ether oxygens (including phenoxy) is 4. The summed E-state index contributed by atoms with van der Waals surface area (Å²) in [5.74, 6) is 1.49. The minimum atomic E-state index is -0.130. The van der Waals surface area contributed by atoms with Crippen molar-refractivity contribution >= 4 is 0 Å². The maximum atomic E-state index is 6.44. The van der Waals surface area contributed by atoms with Crippen molar-refractivity contribution < 1.29 is 18.9 Å². The molecule has 0 amide bonds. The molecule has 0 aliphatic carbocycles. The van der Waals surface area contributed by atoms with Crippen molar-refractivity contribution in [1.82, 2.24) is 9.80 Å². The predicted molar refractivity (Wildman–Crippen MR) is 168 cm³/mol. The molecule has 2 aliphatic rings. The second-order valence-corrected chi connectivity index (χ2v) is 15.8. The van der Waals surface area contributed by atoms with E-state index in [0.29, 0.717) is 0 Å². The second kappa shape index (κ2) is 16.6. The molecule has 6 heteroatoms. The van der Waals surface area contributed by atoms with Gasteiger partial charge in [-0.25, -0.2) is 0 Å². The highest BCUT2D eigenvalue weighted by atomic mass is 16.5. The van der Waals surface area contributed by atoms with E-state index in [1.807, 2.05) is 0 Å². The number of piperidine rings is 2. The van der Waals surface area contributed by atoms with Gasteiger partial charge in [-0.1, -0.05) is 0 Å². The summed E-state index contributed by atoms with van der Waals surface area (Å²) >= 11 is 0. The molecule has 0 unspecified atom stereocenters. The lowest BCUT2D eigenvalue weighted by Crippen LogP contribution is -2.40. The molecule has 2 aliphatic heterocycles. The fourth-order valence-electron chi connectivity index (χ4n) is 5.89. The minimum Gasteiger partial charge on any atom is -0.376 e. The molecule has 0 spiro atoms. The topological polar surface area (TPSA) is 43.4 Å². The van der Waals surface area contributed by atoms with Gasteiger partial charge in [0.1, 0.15) is 0 Å². The summed E-state index contributed by atoms with van der Waals surface area (Å²) < 4.78 is 24.8. The van der Waals surface area contributed by atoms with Gasteiger partial charge in [0.2, 0.25) is 0 Å². The van der Waals surface area contributed by atoms with Crippen LogP contribution in [0.15, 0.2) is 0 Å². The highest BCUT2D eigenvalue weighted by Crippen LogP contribution is 2.27. The van der Waals surface area contributed by atoms with Gasteiger partial charge < -0.3 is 28.7 Å². The largest absolute Gasteiger partial charge is 0.376 e. The van der Waals surface area contributed by atoms with Gasteiger partial charge in [-0.15, -0.1) is 0 Å². The van der Waals surface area contributed by atoms with E-state index in [4.69, 9.17) is 18.9 Å². The SMILES string of the molecule is CC(C)(C)OCC[C@@H]1CCCN(CCOC(C)(C)CCC(C)(C)OCC[C@H]2CCCN(CCOC(C)(C)C)C2)C1. The van der Waals surface area contributed by atoms with E-state index in [1.54, 1.807) is 0 Å². The molecule has 2 atom stereocenters. The zero-order valence-electron chi connectivity index (χ0n) is 28.4. The van der Waals surface area contributed by atoms with Crippen molar-refractivity contribution in [2.24, 2.45) is 11.8 Å². The first kappa shape index (κ1) is 36.0. The Balaban J connectivity index is 1.60. The van der Waals surface area contributed by atoms with Gasteiger partial charge in [-0.3, -0.25) is 0 Å². The second-order valence-electron chi connectivity index (χ2n) is 15.8. The highest BCUT2D eigenvalue weighted by molar-refractivity contribution is 4.79. The summed E-state index contributed by atoms with van der Waals surface area (Å²) in [4.78, 5) is 5.18. The third-order valence-corrected chi connectivity index (χ3v) is 8.46. The summed E-state index contributed by atoms with van der Waals surface area (Å²) in [7, 11) is 0. The molecular weight excluding hydrogens is 500 g/mol. The van der Waals surface area contributed by atoms with Gasteiger partial charge in [0.25, 0.3) is 0 Å². The van der Waals surface area contributed by atoms with E-state index < -0.39 is 0 Å². The van der Waals surface area contributed by atoms with Crippen molar-refractivity contribution in [3.63, 3.8) is 0 Å². The molecule has 0 bridgehead atoms. The van der Waals surface area contributed by atoms with E-state index >= 15 is 0 Å². The Bertz CT molecular complexity index is 624. The lowest BCUT2D eigenvalue weighted by Gasteiger charge is -2.36. The number of nitrogens with zero attached hydrogens (tertiary/aromatic N) is 2. The maximum Gasteiger partial charge on any atom is 0.0628 e. The van der Waals surface area contributed by atoms with Crippen LogP contribution in [0.2, 0.25) is 0 Å². The fraction of sp³-hybridized carbons (Fsp3) is 1.00. The first-order valence-corrected chi connectivity index (χ1v) is 16.5. The fourth-order valence-corrected chi connectivity index (χ4v) is 5.89. The highest BCUT2D eigenvalue weighted by Gasteiger charge is 2.28. The van der Waals surface area contributed by atoms with Crippen LogP contribution in [0.5, 0.6) is 0 Å². The van der Waals surface area contributed by atoms with Crippen molar-refractivity contribution in [3.8, 4) is 0 Å². The van der Waals surface area contributed by atoms with Crippen LogP contribution in [0, 0.1) is 11.8 Å². The number of hydrogen-bond acceptors (Lipinski definition) is 6. The third kappa shape index (κ3) is 17.0. The van der Waals surface area contributed by atoms with Gasteiger partial charge in [0.05, 0.1) is 35.6 Å². The molecule has 6 nitrogen and oxygen atoms in total. The summed E-state index contributed by atoms with van der Waals surface area (Å²) in [5, 5.41) is 0. The van der Waals surface area contributed by atoms with Crippen LogP contribution in [0.3, 0.4) is 0 Å². The van der Waals surface area contributed by atoms with E-state index in [-0.39, 0.29) is 22.4 Å². The number of rotatable bonds is 17. The summed E-state index contributed by atoms with van der Waals surface area (Å²) in [6.45, 7) is 32.0. The lowest BCUT2D eigenvalue weighted by atomic mass is 9.93. The van der Waals surface area contributed by atoms with Crippen molar-refractivity contribution in [1.29, 1.82) is 0 Å². The summed E-state index contributed by atoms with van der Waals surface area (Å²) in [6.07, 6.45) is 9.58.